The normalized spacial score (nSPS) is 29.1. The second-order valence-corrected chi connectivity index (χ2v) is 5.81. The molecule has 1 saturated heterocycles. The van der Waals surface area contributed by atoms with Crippen molar-refractivity contribution in [2.75, 3.05) is 12.9 Å². The van der Waals surface area contributed by atoms with Crippen LogP contribution < -0.4 is 4.74 Å². The molecule has 2 atom stereocenters. The van der Waals surface area contributed by atoms with Gasteiger partial charge in [0, 0.05) is 10.8 Å². The SMILES string of the molecule is COc1cccc(C2(O)CCCSC2C)c1F. The van der Waals surface area contributed by atoms with Gasteiger partial charge in [-0.1, -0.05) is 19.1 Å². The van der Waals surface area contributed by atoms with E-state index in [0.717, 1.165) is 12.2 Å². The molecule has 1 aliphatic rings. The molecule has 1 heterocycles. The molecular weight excluding hydrogens is 239 g/mol. The summed E-state index contributed by atoms with van der Waals surface area (Å²) in [5, 5.41) is 10.7. The van der Waals surface area contributed by atoms with Crippen molar-refractivity contribution in [3.05, 3.63) is 29.6 Å². The lowest BCUT2D eigenvalue weighted by Gasteiger charge is -2.38. The van der Waals surface area contributed by atoms with Gasteiger partial charge in [-0.05, 0) is 24.7 Å². The molecule has 4 heteroatoms. The largest absolute Gasteiger partial charge is 0.494 e. The summed E-state index contributed by atoms with van der Waals surface area (Å²) in [5.74, 6) is 0.778. The van der Waals surface area contributed by atoms with Crippen LogP contribution in [0.4, 0.5) is 4.39 Å². The summed E-state index contributed by atoms with van der Waals surface area (Å²) in [7, 11) is 1.44. The van der Waals surface area contributed by atoms with Crippen LogP contribution >= 0.6 is 11.8 Å². The Morgan fingerprint density at radius 3 is 2.94 bits per heavy atom. The highest BCUT2D eigenvalue weighted by molar-refractivity contribution is 8.00. The van der Waals surface area contributed by atoms with Crippen molar-refractivity contribution in [2.45, 2.75) is 30.6 Å². The monoisotopic (exact) mass is 256 g/mol. The van der Waals surface area contributed by atoms with E-state index in [2.05, 4.69) is 0 Å². The molecule has 0 bridgehead atoms. The fraction of sp³-hybridized carbons (Fsp3) is 0.538. The predicted octanol–water partition coefficient (Wildman–Crippen LogP) is 2.94. The van der Waals surface area contributed by atoms with Gasteiger partial charge >= 0.3 is 0 Å². The lowest BCUT2D eigenvalue weighted by Crippen LogP contribution is -2.39. The van der Waals surface area contributed by atoms with E-state index in [4.69, 9.17) is 4.74 Å². The summed E-state index contributed by atoms with van der Waals surface area (Å²) in [6.07, 6.45) is 1.51. The Labute approximate surface area is 105 Å². The Morgan fingerprint density at radius 1 is 1.53 bits per heavy atom. The highest BCUT2D eigenvalue weighted by Crippen LogP contribution is 2.43. The smallest absolute Gasteiger partial charge is 0.171 e. The Kier molecular flexibility index (Phi) is 3.64. The van der Waals surface area contributed by atoms with Crippen molar-refractivity contribution < 1.29 is 14.2 Å². The van der Waals surface area contributed by atoms with E-state index >= 15 is 0 Å². The maximum absolute atomic E-state index is 14.2. The standard InChI is InChI=1S/C13H17FO2S/c1-9-13(15,7-4-8-17-9)10-5-3-6-11(16-2)12(10)14/h3,5-6,9,15H,4,7-8H2,1-2H3. The van der Waals surface area contributed by atoms with Gasteiger partial charge in [0.05, 0.1) is 7.11 Å². The molecule has 1 aromatic carbocycles. The number of rotatable bonds is 2. The number of methoxy groups -OCH3 is 1. The van der Waals surface area contributed by atoms with Crippen molar-refractivity contribution in [3.63, 3.8) is 0 Å². The van der Waals surface area contributed by atoms with Gasteiger partial charge in [-0.15, -0.1) is 0 Å². The van der Waals surface area contributed by atoms with Crippen molar-refractivity contribution >= 4 is 11.8 Å². The Balaban J connectivity index is 2.44. The van der Waals surface area contributed by atoms with Gasteiger partial charge in [0.2, 0.25) is 0 Å². The third kappa shape index (κ3) is 2.16. The molecular formula is C13H17FO2S. The number of ether oxygens (including phenoxy) is 1. The van der Waals surface area contributed by atoms with Gasteiger partial charge in [0.15, 0.2) is 11.6 Å². The molecule has 2 unspecified atom stereocenters. The molecule has 94 valence electrons. The molecule has 1 N–H and O–H groups in total. The maximum Gasteiger partial charge on any atom is 0.171 e. The number of aliphatic hydroxyl groups is 1. The average Bonchev–Trinajstić information content (AvgIpc) is 2.33. The molecule has 1 fully saturated rings. The van der Waals surface area contributed by atoms with Crippen molar-refractivity contribution in [3.8, 4) is 5.75 Å². The quantitative estimate of drug-likeness (QED) is 0.882. The second kappa shape index (κ2) is 4.86. The average molecular weight is 256 g/mol. The summed E-state index contributed by atoms with van der Waals surface area (Å²) in [6.45, 7) is 1.95. The first-order chi connectivity index (χ1) is 8.09. The first-order valence-electron chi connectivity index (χ1n) is 5.76. The molecule has 0 radical (unpaired) electrons. The van der Waals surface area contributed by atoms with E-state index in [9.17, 15) is 9.50 Å². The van der Waals surface area contributed by atoms with E-state index in [1.54, 1.807) is 30.0 Å². The maximum atomic E-state index is 14.2. The van der Waals surface area contributed by atoms with Crippen LogP contribution in [0.25, 0.3) is 0 Å². The van der Waals surface area contributed by atoms with Gasteiger partial charge in [0.25, 0.3) is 0 Å². The zero-order valence-electron chi connectivity index (χ0n) is 10.1. The third-order valence-corrected chi connectivity index (χ3v) is 4.81. The van der Waals surface area contributed by atoms with Crippen LogP contribution in [0.2, 0.25) is 0 Å². The van der Waals surface area contributed by atoms with Crippen LogP contribution in [0.3, 0.4) is 0 Å². The fourth-order valence-corrected chi connectivity index (χ4v) is 3.48. The van der Waals surface area contributed by atoms with Gasteiger partial charge in [-0.2, -0.15) is 11.8 Å². The van der Waals surface area contributed by atoms with Crippen LogP contribution in [0.5, 0.6) is 5.75 Å². The van der Waals surface area contributed by atoms with E-state index in [-0.39, 0.29) is 11.0 Å². The minimum Gasteiger partial charge on any atom is -0.494 e. The summed E-state index contributed by atoms with van der Waals surface area (Å²) in [5.41, 5.74) is -0.724. The minimum absolute atomic E-state index is 0.00199. The third-order valence-electron chi connectivity index (χ3n) is 3.39. The Hall–Kier alpha value is -0.740. The number of hydrogen-bond donors (Lipinski definition) is 1. The lowest BCUT2D eigenvalue weighted by atomic mass is 9.85. The summed E-state index contributed by atoms with van der Waals surface area (Å²) in [4.78, 5) is 0. The summed E-state index contributed by atoms with van der Waals surface area (Å²) in [6, 6.07) is 4.95. The van der Waals surface area contributed by atoms with Crippen molar-refractivity contribution in [1.82, 2.24) is 0 Å². The van der Waals surface area contributed by atoms with Crippen LogP contribution in [-0.2, 0) is 5.60 Å². The van der Waals surface area contributed by atoms with Crippen LogP contribution in [-0.4, -0.2) is 23.2 Å². The second-order valence-electron chi connectivity index (χ2n) is 4.36. The van der Waals surface area contributed by atoms with Crippen LogP contribution in [0.15, 0.2) is 18.2 Å². The molecule has 0 amide bonds. The molecule has 0 aliphatic carbocycles. The van der Waals surface area contributed by atoms with Gasteiger partial charge in [-0.25, -0.2) is 4.39 Å². The first kappa shape index (κ1) is 12.7. The zero-order chi connectivity index (χ0) is 12.5. The molecule has 0 saturated carbocycles. The van der Waals surface area contributed by atoms with Crippen molar-refractivity contribution in [1.29, 1.82) is 0 Å². The fourth-order valence-electron chi connectivity index (χ4n) is 2.30. The van der Waals surface area contributed by atoms with Gasteiger partial charge < -0.3 is 9.84 Å². The van der Waals surface area contributed by atoms with E-state index in [1.165, 1.54) is 7.11 Å². The minimum atomic E-state index is -1.08. The Bertz CT molecular complexity index is 410. The summed E-state index contributed by atoms with van der Waals surface area (Å²) >= 11 is 1.68. The highest BCUT2D eigenvalue weighted by Gasteiger charge is 2.40. The van der Waals surface area contributed by atoms with Crippen LogP contribution in [0.1, 0.15) is 25.3 Å². The number of thioether (sulfide) groups is 1. The lowest BCUT2D eigenvalue weighted by molar-refractivity contribution is 0.0215. The van der Waals surface area contributed by atoms with Crippen molar-refractivity contribution in [2.24, 2.45) is 0 Å². The van der Waals surface area contributed by atoms with E-state index in [1.807, 2.05) is 6.92 Å². The molecule has 17 heavy (non-hydrogen) atoms. The van der Waals surface area contributed by atoms with Crippen LogP contribution in [0, 0.1) is 5.82 Å². The van der Waals surface area contributed by atoms with E-state index < -0.39 is 11.4 Å². The van der Waals surface area contributed by atoms with Gasteiger partial charge in [0.1, 0.15) is 5.60 Å². The molecule has 1 aromatic rings. The highest BCUT2D eigenvalue weighted by atomic mass is 32.2. The Morgan fingerprint density at radius 2 is 2.29 bits per heavy atom. The number of halogens is 1. The first-order valence-corrected chi connectivity index (χ1v) is 6.81. The number of benzene rings is 1. The molecule has 1 aliphatic heterocycles. The zero-order valence-corrected chi connectivity index (χ0v) is 10.9. The van der Waals surface area contributed by atoms with Gasteiger partial charge in [-0.3, -0.25) is 0 Å². The summed E-state index contributed by atoms with van der Waals surface area (Å²) < 4.78 is 19.1. The topological polar surface area (TPSA) is 29.5 Å². The molecule has 2 rings (SSSR count). The number of hydrogen-bond acceptors (Lipinski definition) is 3. The predicted molar refractivity (Wildman–Crippen MR) is 68.0 cm³/mol. The molecule has 0 aromatic heterocycles. The molecule has 0 spiro atoms. The van der Waals surface area contributed by atoms with E-state index in [0.29, 0.717) is 12.0 Å². The molecule has 2 nitrogen and oxygen atoms in total.